The molecule has 2 rings (SSSR count). The van der Waals surface area contributed by atoms with Gasteiger partial charge in [0.05, 0.1) is 6.61 Å². The molecular weight excluding hydrogens is 226 g/mol. The van der Waals surface area contributed by atoms with Gasteiger partial charge in [0, 0.05) is 24.5 Å². The molecular formula is C14H15N3O. The average molecular weight is 241 g/mol. The summed E-state index contributed by atoms with van der Waals surface area (Å²) in [5.41, 5.74) is 7.04. The van der Waals surface area contributed by atoms with Crippen LogP contribution >= 0.6 is 0 Å². The van der Waals surface area contributed by atoms with Gasteiger partial charge in [-0.1, -0.05) is 6.07 Å². The molecule has 0 saturated carbocycles. The molecule has 2 aromatic rings. The first-order valence-corrected chi connectivity index (χ1v) is 5.83. The minimum atomic E-state index is 0.604. The van der Waals surface area contributed by atoms with Crippen LogP contribution in [0.4, 0.5) is 5.69 Å². The van der Waals surface area contributed by atoms with Gasteiger partial charge in [0.2, 0.25) is 0 Å². The molecule has 0 spiro atoms. The minimum Gasteiger partial charge on any atom is -0.493 e. The lowest BCUT2D eigenvalue weighted by Crippen LogP contribution is -2.05. The molecule has 1 heterocycles. The lowest BCUT2D eigenvalue weighted by molar-refractivity contribution is 0.302. The molecule has 18 heavy (non-hydrogen) atoms. The zero-order chi connectivity index (χ0) is 12.8. The Hall–Kier alpha value is -2.41. The Morgan fingerprint density at radius 2 is 2.17 bits per heavy atom. The van der Waals surface area contributed by atoms with Crippen LogP contribution in [-0.4, -0.2) is 11.2 Å². The van der Waals surface area contributed by atoms with Crippen molar-refractivity contribution >= 4 is 5.69 Å². The van der Waals surface area contributed by atoms with E-state index < -0.39 is 0 Å². The Morgan fingerprint density at radius 3 is 2.94 bits per heavy atom. The molecule has 0 aliphatic heterocycles. The highest BCUT2D eigenvalue weighted by atomic mass is 16.5. The second-order valence-electron chi connectivity index (χ2n) is 3.97. The van der Waals surface area contributed by atoms with Gasteiger partial charge in [-0.3, -0.25) is 0 Å². The SMILES string of the molecule is N#Cc1cccn1CCCOc1cccc(N)c1. The van der Waals surface area contributed by atoms with E-state index in [1.165, 1.54) is 0 Å². The third-order valence-corrected chi connectivity index (χ3v) is 2.61. The van der Waals surface area contributed by atoms with E-state index in [2.05, 4.69) is 6.07 Å². The van der Waals surface area contributed by atoms with Crippen molar-refractivity contribution < 1.29 is 4.74 Å². The Kier molecular flexibility index (Phi) is 3.87. The summed E-state index contributed by atoms with van der Waals surface area (Å²) in [4.78, 5) is 0. The molecule has 92 valence electrons. The van der Waals surface area contributed by atoms with Crippen LogP contribution in [-0.2, 0) is 6.54 Å². The van der Waals surface area contributed by atoms with Crippen LogP contribution in [0.2, 0.25) is 0 Å². The highest BCUT2D eigenvalue weighted by molar-refractivity contribution is 5.43. The first kappa shape index (κ1) is 12.1. The van der Waals surface area contributed by atoms with Crippen LogP contribution in [0, 0.1) is 11.3 Å². The zero-order valence-corrected chi connectivity index (χ0v) is 10.0. The van der Waals surface area contributed by atoms with E-state index in [1.54, 1.807) is 12.1 Å². The minimum absolute atomic E-state index is 0.604. The summed E-state index contributed by atoms with van der Waals surface area (Å²) in [6, 6.07) is 13.2. The molecule has 0 amide bonds. The maximum atomic E-state index is 8.86. The van der Waals surface area contributed by atoms with E-state index in [-0.39, 0.29) is 0 Å². The van der Waals surface area contributed by atoms with E-state index in [9.17, 15) is 0 Å². The third kappa shape index (κ3) is 3.05. The standard InChI is InChI=1S/C14H15N3O/c15-11-13-5-2-7-17(13)8-3-9-18-14-6-1-4-12(16)10-14/h1-2,4-7,10H,3,8-9,16H2. The fraction of sp³-hybridized carbons (Fsp3) is 0.214. The van der Waals surface area contributed by atoms with Gasteiger partial charge in [0.25, 0.3) is 0 Å². The van der Waals surface area contributed by atoms with E-state index in [1.807, 2.05) is 35.0 Å². The normalized spacial score (nSPS) is 9.94. The molecule has 0 fully saturated rings. The van der Waals surface area contributed by atoms with Crippen LogP contribution in [0.3, 0.4) is 0 Å². The molecule has 2 N–H and O–H groups in total. The number of hydrogen-bond donors (Lipinski definition) is 1. The summed E-state index contributed by atoms with van der Waals surface area (Å²) in [5.74, 6) is 0.781. The largest absolute Gasteiger partial charge is 0.493 e. The van der Waals surface area contributed by atoms with Crippen molar-refractivity contribution in [2.24, 2.45) is 0 Å². The lowest BCUT2D eigenvalue weighted by Gasteiger charge is -2.08. The predicted octanol–water partition coefficient (Wildman–Crippen LogP) is 2.41. The third-order valence-electron chi connectivity index (χ3n) is 2.61. The van der Waals surface area contributed by atoms with Crippen LogP contribution in [0.15, 0.2) is 42.6 Å². The number of nitrogen functional groups attached to an aromatic ring is 1. The molecule has 0 aliphatic rings. The molecule has 0 atom stereocenters. The molecule has 0 unspecified atom stereocenters. The first-order valence-electron chi connectivity index (χ1n) is 5.83. The fourth-order valence-corrected chi connectivity index (χ4v) is 1.74. The van der Waals surface area contributed by atoms with Gasteiger partial charge >= 0.3 is 0 Å². The van der Waals surface area contributed by atoms with Gasteiger partial charge in [-0.15, -0.1) is 0 Å². The van der Waals surface area contributed by atoms with Crippen molar-refractivity contribution in [1.82, 2.24) is 4.57 Å². The molecule has 0 aliphatic carbocycles. The number of ether oxygens (including phenoxy) is 1. The number of rotatable bonds is 5. The van der Waals surface area contributed by atoms with Crippen molar-refractivity contribution in [2.45, 2.75) is 13.0 Å². The molecule has 4 heteroatoms. The highest BCUT2D eigenvalue weighted by Gasteiger charge is 1.99. The van der Waals surface area contributed by atoms with Crippen molar-refractivity contribution in [3.05, 3.63) is 48.3 Å². The quantitative estimate of drug-likeness (QED) is 0.645. The molecule has 4 nitrogen and oxygen atoms in total. The zero-order valence-electron chi connectivity index (χ0n) is 10.0. The number of nitriles is 1. The van der Waals surface area contributed by atoms with Gasteiger partial charge in [0.15, 0.2) is 0 Å². The maximum Gasteiger partial charge on any atom is 0.121 e. The molecule has 0 bridgehead atoms. The summed E-state index contributed by atoms with van der Waals surface area (Å²) < 4.78 is 7.50. The van der Waals surface area contributed by atoms with Gasteiger partial charge in [-0.2, -0.15) is 5.26 Å². The van der Waals surface area contributed by atoms with Gasteiger partial charge in [-0.25, -0.2) is 0 Å². The summed E-state index contributed by atoms with van der Waals surface area (Å²) in [5, 5.41) is 8.86. The summed E-state index contributed by atoms with van der Waals surface area (Å²) in [6.45, 7) is 1.38. The van der Waals surface area contributed by atoms with E-state index >= 15 is 0 Å². The Morgan fingerprint density at radius 1 is 1.28 bits per heavy atom. The number of benzene rings is 1. The van der Waals surface area contributed by atoms with E-state index in [0.29, 0.717) is 18.0 Å². The number of aromatic nitrogens is 1. The van der Waals surface area contributed by atoms with E-state index in [0.717, 1.165) is 18.7 Å². The second kappa shape index (κ2) is 5.78. The number of hydrogen-bond acceptors (Lipinski definition) is 3. The summed E-state index contributed by atoms with van der Waals surface area (Å²) in [6.07, 6.45) is 2.75. The number of nitrogens with two attached hydrogens (primary N) is 1. The summed E-state index contributed by atoms with van der Waals surface area (Å²) in [7, 11) is 0. The summed E-state index contributed by atoms with van der Waals surface area (Å²) >= 11 is 0. The Balaban J connectivity index is 1.78. The van der Waals surface area contributed by atoms with Crippen molar-refractivity contribution in [3.8, 4) is 11.8 Å². The molecule has 1 aromatic heterocycles. The number of nitrogens with zero attached hydrogens (tertiary/aromatic N) is 2. The van der Waals surface area contributed by atoms with Crippen LogP contribution in [0.25, 0.3) is 0 Å². The molecule has 1 aromatic carbocycles. The second-order valence-corrected chi connectivity index (χ2v) is 3.97. The van der Waals surface area contributed by atoms with Crippen molar-refractivity contribution in [1.29, 1.82) is 5.26 Å². The monoisotopic (exact) mass is 241 g/mol. The smallest absolute Gasteiger partial charge is 0.121 e. The van der Waals surface area contributed by atoms with Gasteiger partial charge in [0.1, 0.15) is 17.5 Å². The lowest BCUT2D eigenvalue weighted by atomic mass is 10.3. The van der Waals surface area contributed by atoms with Crippen molar-refractivity contribution in [3.63, 3.8) is 0 Å². The molecule has 0 saturated heterocycles. The van der Waals surface area contributed by atoms with Gasteiger partial charge in [-0.05, 0) is 30.7 Å². The van der Waals surface area contributed by atoms with E-state index in [4.69, 9.17) is 15.7 Å². The first-order chi connectivity index (χ1) is 8.79. The fourth-order valence-electron chi connectivity index (χ4n) is 1.74. The Labute approximate surface area is 106 Å². The number of anilines is 1. The Bertz CT molecular complexity index is 554. The maximum absolute atomic E-state index is 8.86. The van der Waals surface area contributed by atoms with Crippen LogP contribution < -0.4 is 10.5 Å². The van der Waals surface area contributed by atoms with Gasteiger partial charge < -0.3 is 15.0 Å². The van der Waals surface area contributed by atoms with Crippen LogP contribution in [0.1, 0.15) is 12.1 Å². The molecule has 0 radical (unpaired) electrons. The average Bonchev–Trinajstić information content (AvgIpc) is 2.82. The van der Waals surface area contributed by atoms with Crippen molar-refractivity contribution in [2.75, 3.05) is 12.3 Å². The number of aryl methyl sites for hydroxylation is 1. The topological polar surface area (TPSA) is 64.0 Å². The highest BCUT2D eigenvalue weighted by Crippen LogP contribution is 2.14. The van der Waals surface area contributed by atoms with Crippen LogP contribution in [0.5, 0.6) is 5.75 Å². The predicted molar refractivity (Wildman–Crippen MR) is 70.1 cm³/mol.